The second-order valence-electron chi connectivity index (χ2n) is 7.10. The van der Waals surface area contributed by atoms with Crippen LogP contribution in [-0.4, -0.2) is 53.0 Å². The Hall–Kier alpha value is -2.42. The molecule has 3 aromatic rings. The molecule has 0 radical (unpaired) electrons. The zero-order valence-electron chi connectivity index (χ0n) is 15.7. The van der Waals surface area contributed by atoms with Crippen LogP contribution in [0.1, 0.15) is 24.4 Å². The van der Waals surface area contributed by atoms with E-state index in [0.717, 1.165) is 49.1 Å². The van der Waals surface area contributed by atoms with E-state index in [-0.39, 0.29) is 6.04 Å². The van der Waals surface area contributed by atoms with E-state index in [1.54, 1.807) is 11.3 Å². The fourth-order valence-corrected chi connectivity index (χ4v) is 4.31. The van der Waals surface area contributed by atoms with Gasteiger partial charge in [0.15, 0.2) is 11.5 Å². The summed E-state index contributed by atoms with van der Waals surface area (Å²) in [7, 11) is 0. The predicted molar refractivity (Wildman–Crippen MR) is 105 cm³/mol. The topological polar surface area (TPSA) is 63.9 Å². The first-order valence-corrected chi connectivity index (χ1v) is 10.4. The standard InChI is InChI=1S/C20H22N4O3S/c1-14(19-21-22-20(27-19)18-3-2-10-28-18)24-8-6-23(7-9-24)12-15-4-5-16-17(11-15)26-13-25-16/h2-5,10-11,14H,6-9,12-13H2,1H3/t14-/m1/s1. The van der Waals surface area contributed by atoms with Gasteiger partial charge in [0.2, 0.25) is 12.7 Å². The third-order valence-electron chi connectivity index (χ3n) is 5.33. The Morgan fingerprint density at radius 3 is 2.75 bits per heavy atom. The molecule has 1 atom stereocenters. The van der Waals surface area contributed by atoms with Gasteiger partial charge in [0.1, 0.15) is 0 Å². The molecule has 28 heavy (non-hydrogen) atoms. The molecule has 8 heteroatoms. The summed E-state index contributed by atoms with van der Waals surface area (Å²) in [5.41, 5.74) is 1.25. The molecule has 2 aromatic heterocycles. The quantitative estimate of drug-likeness (QED) is 0.653. The molecule has 0 amide bonds. The van der Waals surface area contributed by atoms with Gasteiger partial charge >= 0.3 is 0 Å². The first-order valence-electron chi connectivity index (χ1n) is 9.48. The SMILES string of the molecule is C[C@H](c1nnc(-c2cccs2)o1)N1CCN(Cc2ccc3c(c2)OCO3)CC1. The maximum Gasteiger partial charge on any atom is 0.257 e. The van der Waals surface area contributed by atoms with Gasteiger partial charge in [0.05, 0.1) is 10.9 Å². The third-order valence-corrected chi connectivity index (χ3v) is 6.19. The zero-order valence-corrected chi connectivity index (χ0v) is 16.5. The lowest BCUT2D eigenvalue weighted by Gasteiger charge is -2.36. The minimum Gasteiger partial charge on any atom is -0.454 e. The van der Waals surface area contributed by atoms with Gasteiger partial charge in [-0.1, -0.05) is 12.1 Å². The summed E-state index contributed by atoms with van der Waals surface area (Å²) in [5, 5.41) is 10.5. The number of thiophene rings is 1. The molecule has 0 aliphatic carbocycles. The minimum atomic E-state index is 0.119. The highest BCUT2D eigenvalue weighted by Gasteiger charge is 2.26. The van der Waals surface area contributed by atoms with Crippen molar-refractivity contribution in [1.29, 1.82) is 0 Å². The van der Waals surface area contributed by atoms with Gasteiger partial charge in [-0.05, 0) is 36.1 Å². The molecule has 2 aliphatic rings. The van der Waals surface area contributed by atoms with Gasteiger partial charge in [-0.3, -0.25) is 9.80 Å². The fraction of sp³-hybridized carbons (Fsp3) is 0.400. The van der Waals surface area contributed by atoms with Crippen LogP contribution >= 0.6 is 11.3 Å². The number of piperazine rings is 1. The Kier molecular flexibility index (Phi) is 4.76. The number of aromatic nitrogens is 2. The van der Waals surface area contributed by atoms with Crippen LogP contribution in [0.2, 0.25) is 0 Å². The van der Waals surface area contributed by atoms with Crippen molar-refractivity contribution >= 4 is 11.3 Å². The molecule has 4 heterocycles. The normalized spacial score (nSPS) is 18.5. The van der Waals surface area contributed by atoms with E-state index in [9.17, 15) is 0 Å². The molecule has 1 fully saturated rings. The molecular formula is C20H22N4O3S. The average Bonchev–Trinajstić information content (AvgIpc) is 3.48. The number of fused-ring (bicyclic) bond motifs is 1. The van der Waals surface area contributed by atoms with Crippen molar-refractivity contribution in [1.82, 2.24) is 20.0 Å². The van der Waals surface area contributed by atoms with Crippen LogP contribution in [0.15, 0.2) is 40.1 Å². The Bertz CT molecular complexity index is 935. The Morgan fingerprint density at radius 1 is 1.07 bits per heavy atom. The summed E-state index contributed by atoms with van der Waals surface area (Å²) >= 11 is 1.61. The minimum absolute atomic E-state index is 0.119. The summed E-state index contributed by atoms with van der Waals surface area (Å²) in [6.45, 7) is 7.33. The molecule has 0 spiro atoms. The van der Waals surface area contributed by atoms with Crippen LogP contribution in [0.25, 0.3) is 10.8 Å². The van der Waals surface area contributed by atoms with Gasteiger partial charge in [0.25, 0.3) is 5.89 Å². The molecule has 7 nitrogen and oxygen atoms in total. The summed E-state index contributed by atoms with van der Waals surface area (Å²) in [6.07, 6.45) is 0. The largest absolute Gasteiger partial charge is 0.454 e. The smallest absolute Gasteiger partial charge is 0.257 e. The highest BCUT2D eigenvalue weighted by Crippen LogP contribution is 2.33. The van der Waals surface area contributed by atoms with E-state index in [1.165, 1.54) is 5.56 Å². The van der Waals surface area contributed by atoms with E-state index >= 15 is 0 Å². The van der Waals surface area contributed by atoms with Crippen LogP contribution in [0.4, 0.5) is 0 Å². The molecule has 0 N–H and O–H groups in total. The second-order valence-corrected chi connectivity index (χ2v) is 8.05. The van der Waals surface area contributed by atoms with Gasteiger partial charge in [-0.25, -0.2) is 0 Å². The van der Waals surface area contributed by atoms with Crippen molar-refractivity contribution in [2.45, 2.75) is 19.5 Å². The maximum atomic E-state index is 5.92. The number of nitrogens with zero attached hydrogens (tertiary/aromatic N) is 4. The highest BCUT2D eigenvalue weighted by molar-refractivity contribution is 7.13. The average molecular weight is 398 g/mol. The highest BCUT2D eigenvalue weighted by atomic mass is 32.1. The van der Waals surface area contributed by atoms with E-state index in [1.807, 2.05) is 23.6 Å². The number of hydrogen-bond acceptors (Lipinski definition) is 8. The number of rotatable bonds is 5. The molecule has 0 saturated carbocycles. The summed E-state index contributed by atoms with van der Waals surface area (Å²) in [4.78, 5) is 5.88. The lowest BCUT2D eigenvalue weighted by molar-refractivity contribution is 0.0876. The van der Waals surface area contributed by atoms with E-state index < -0.39 is 0 Å². The molecule has 1 aromatic carbocycles. The molecule has 2 aliphatic heterocycles. The van der Waals surface area contributed by atoms with Crippen LogP contribution < -0.4 is 9.47 Å². The second kappa shape index (κ2) is 7.54. The van der Waals surface area contributed by atoms with Crippen molar-refractivity contribution < 1.29 is 13.9 Å². The van der Waals surface area contributed by atoms with E-state index in [2.05, 4.69) is 39.1 Å². The number of benzene rings is 1. The van der Waals surface area contributed by atoms with Crippen molar-refractivity contribution in [2.75, 3.05) is 33.0 Å². The Labute approximate surface area is 167 Å². The van der Waals surface area contributed by atoms with Gasteiger partial charge in [-0.2, -0.15) is 0 Å². The first kappa shape index (κ1) is 17.7. The van der Waals surface area contributed by atoms with Crippen LogP contribution in [0.3, 0.4) is 0 Å². The number of ether oxygens (including phenoxy) is 2. The van der Waals surface area contributed by atoms with Gasteiger partial charge < -0.3 is 13.9 Å². The molecule has 146 valence electrons. The first-order chi connectivity index (χ1) is 13.8. The fourth-order valence-electron chi connectivity index (χ4n) is 3.67. The van der Waals surface area contributed by atoms with Crippen molar-refractivity contribution in [3.05, 3.63) is 47.2 Å². The molecule has 1 saturated heterocycles. The summed E-state index contributed by atoms with van der Waals surface area (Å²) in [6, 6.07) is 10.3. The van der Waals surface area contributed by atoms with Crippen LogP contribution in [-0.2, 0) is 6.54 Å². The lowest BCUT2D eigenvalue weighted by atomic mass is 10.1. The van der Waals surface area contributed by atoms with Crippen molar-refractivity contribution in [3.8, 4) is 22.3 Å². The predicted octanol–water partition coefficient (Wildman–Crippen LogP) is 3.41. The Morgan fingerprint density at radius 2 is 1.93 bits per heavy atom. The van der Waals surface area contributed by atoms with E-state index in [4.69, 9.17) is 13.9 Å². The van der Waals surface area contributed by atoms with Crippen LogP contribution in [0.5, 0.6) is 11.5 Å². The van der Waals surface area contributed by atoms with Crippen molar-refractivity contribution in [2.24, 2.45) is 0 Å². The maximum absolute atomic E-state index is 5.92. The lowest BCUT2D eigenvalue weighted by Crippen LogP contribution is -2.46. The van der Waals surface area contributed by atoms with Gasteiger partial charge in [-0.15, -0.1) is 21.5 Å². The molecule has 0 bridgehead atoms. The number of hydrogen-bond donors (Lipinski definition) is 0. The summed E-state index contributed by atoms with van der Waals surface area (Å²) in [5.74, 6) is 2.98. The molecular weight excluding hydrogens is 376 g/mol. The molecule has 5 rings (SSSR count). The third kappa shape index (κ3) is 3.50. The summed E-state index contributed by atoms with van der Waals surface area (Å²) < 4.78 is 16.8. The zero-order chi connectivity index (χ0) is 18.9. The Balaban J connectivity index is 1.18. The van der Waals surface area contributed by atoms with E-state index in [0.29, 0.717) is 18.6 Å². The van der Waals surface area contributed by atoms with Crippen LogP contribution in [0, 0.1) is 0 Å². The molecule has 0 unspecified atom stereocenters. The van der Waals surface area contributed by atoms with Crippen molar-refractivity contribution in [3.63, 3.8) is 0 Å². The monoisotopic (exact) mass is 398 g/mol. The van der Waals surface area contributed by atoms with Gasteiger partial charge in [0, 0.05) is 32.7 Å².